The molecule has 0 spiro atoms. The van der Waals surface area contributed by atoms with Crippen molar-refractivity contribution in [2.24, 2.45) is 0 Å². The Hall–Kier alpha value is -3.10. The minimum atomic E-state index is -4.35. The van der Waals surface area contributed by atoms with Crippen LogP contribution < -0.4 is 5.32 Å². The largest absolute Gasteiger partial charge is 0.472 e. The third-order valence-corrected chi connectivity index (χ3v) is 10.6. The molecule has 0 radical (unpaired) electrons. The average Bonchev–Trinajstić information content (AvgIpc) is 3.23. The summed E-state index contributed by atoms with van der Waals surface area (Å²) in [6.07, 6.45) is 64.6. The number of quaternary nitrogens is 1. The van der Waals surface area contributed by atoms with Gasteiger partial charge in [-0.25, -0.2) is 4.57 Å². The molecule has 0 aliphatic heterocycles. The molecule has 0 saturated carbocycles. The predicted octanol–water partition coefficient (Wildman–Crippen LogP) is 13.9. The molecule has 0 fully saturated rings. The molecule has 0 heterocycles. The van der Waals surface area contributed by atoms with Crippen molar-refractivity contribution in [3.05, 3.63) is 122 Å². The smallest absolute Gasteiger partial charge is 0.387 e. The van der Waals surface area contributed by atoms with E-state index in [2.05, 4.69) is 129 Å². The summed E-state index contributed by atoms with van der Waals surface area (Å²) in [6.45, 7) is 4.52. The number of likely N-dealkylation sites (N-methyl/N-ethyl adjacent to an activating group) is 1. The van der Waals surface area contributed by atoms with Crippen LogP contribution in [0.4, 0.5) is 0 Å². The van der Waals surface area contributed by atoms with Crippen LogP contribution in [0.3, 0.4) is 0 Å². The zero-order valence-electron chi connectivity index (χ0n) is 39.8. The van der Waals surface area contributed by atoms with Crippen molar-refractivity contribution in [2.45, 2.75) is 167 Å². The van der Waals surface area contributed by atoms with E-state index in [0.717, 1.165) is 109 Å². The first-order chi connectivity index (χ1) is 30.0. The summed E-state index contributed by atoms with van der Waals surface area (Å²) in [5.41, 5.74) is 0. The van der Waals surface area contributed by atoms with Gasteiger partial charge in [0.15, 0.2) is 0 Å². The van der Waals surface area contributed by atoms with E-state index in [-0.39, 0.29) is 19.1 Å². The fourth-order valence-corrected chi connectivity index (χ4v) is 6.64. The van der Waals surface area contributed by atoms with Crippen molar-refractivity contribution < 1.29 is 32.9 Å². The number of carbonyl (C=O) groups excluding carboxylic acids is 1. The number of phosphoric acid groups is 1. The summed E-state index contributed by atoms with van der Waals surface area (Å²) in [7, 11) is 1.52. The van der Waals surface area contributed by atoms with E-state index in [1.54, 1.807) is 6.08 Å². The molecule has 352 valence electrons. The molecule has 3 atom stereocenters. The summed E-state index contributed by atoms with van der Waals surface area (Å²) in [5, 5.41) is 13.7. The van der Waals surface area contributed by atoms with Gasteiger partial charge in [0, 0.05) is 6.42 Å². The maximum Gasteiger partial charge on any atom is 0.472 e. The van der Waals surface area contributed by atoms with Gasteiger partial charge in [0.05, 0.1) is 39.9 Å². The lowest BCUT2D eigenvalue weighted by molar-refractivity contribution is -0.870. The van der Waals surface area contributed by atoms with E-state index in [9.17, 15) is 19.4 Å². The number of carbonyl (C=O) groups is 1. The third-order valence-electron chi connectivity index (χ3n) is 9.65. The van der Waals surface area contributed by atoms with Gasteiger partial charge in [0.25, 0.3) is 0 Å². The number of rotatable bonds is 41. The molecule has 0 rings (SSSR count). The highest BCUT2D eigenvalue weighted by molar-refractivity contribution is 7.47. The molecule has 9 heteroatoms. The van der Waals surface area contributed by atoms with Crippen molar-refractivity contribution in [3.63, 3.8) is 0 Å². The Morgan fingerprint density at radius 3 is 1.47 bits per heavy atom. The minimum absolute atomic E-state index is 0.0470. The van der Waals surface area contributed by atoms with Crippen LogP contribution in [-0.2, 0) is 18.4 Å². The Balaban J connectivity index is 4.11. The van der Waals surface area contributed by atoms with Crippen molar-refractivity contribution in [1.82, 2.24) is 5.32 Å². The predicted molar refractivity (Wildman–Crippen MR) is 267 cm³/mol. The molecule has 0 aromatic carbocycles. The van der Waals surface area contributed by atoms with Crippen LogP contribution in [0.25, 0.3) is 0 Å². The van der Waals surface area contributed by atoms with Gasteiger partial charge < -0.3 is 19.8 Å². The minimum Gasteiger partial charge on any atom is -0.387 e. The first kappa shape index (κ1) is 58.9. The van der Waals surface area contributed by atoms with Gasteiger partial charge in [-0.15, -0.1) is 0 Å². The highest BCUT2D eigenvalue weighted by Crippen LogP contribution is 2.43. The Bertz CT molecular complexity index is 1410. The fourth-order valence-electron chi connectivity index (χ4n) is 5.90. The Kier molecular flexibility index (Phi) is 41.0. The maximum atomic E-state index is 12.8. The molecule has 0 aliphatic carbocycles. The number of unbranched alkanes of at least 4 members (excludes halogenated alkanes) is 10. The summed E-state index contributed by atoms with van der Waals surface area (Å²) >= 11 is 0. The second-order valence-corrected chi connectivity index (χ2v) is 18.2. The zero-order valence-corrected chi connectivity index (χ0v) is 40.7. The van der Waals surface area contributed by atoms with Crippen LogP contribution in [0.2, 0.25) is 0 Å². The van der Waals surface area contributed by atoms with E-state index in [1.807, 2.05) is 27.2 Å². The summed E-state index contributed by atoms with van der Waals surface area (Å²) in [6, 6.07) is -0.873. The van der Waals surface area contributed by atoms with Gasteiger partial charge in [-0.2, -0.15) is 0 Å². The summed E-state index contributed by atoms with van der Waals surface area (Å²) in [5.74, 6) is -0.208. The number of nitrogens with one attached hydrogen (secondary N) is 1. The maximum absolute atomic E-state index is 12.8. The van der Waals surface area contributed by atoms with Crippen LogP contribution in [0.15, 0.2) is 122 Å². The summed E-state index contributed by atoms with van der Waals surface area (Å²) in [4.78, 5) is 23.0. The molecule has 0 bridgehead atoms. The molecule has 3 unspecified atom stereocenters. The second-order valence-electron chi connectivity index (χ2n) is 16.7. The molecule has 0 saturated heterocycles. The van der Waals surface area contributed by atoms with Crippen LogP contribution in [-0.4, -0.2) is 73.4 Å². The van der Waals surface area contributed by atoms with E-state index < -0.39 is 20.0 Å². The van der Waals surface area contributed by atoms with Crippen LogP contribution in [0, 0.1) is 0 Å². The van der Waals surface area contributed by atoms with E-state index in [1.165, 1.54) is 25.7 Å². The van der Waals surface area contributed by atoms with Gasteiger partial charge in [0.2, 0.25) is 5.91 Å². The first-order valence-electron chi connectivity index (χ1n) is 23.9. The topological polar surface area (TPSA) is 105 Å². The lowest BCUT2D eigenvalue weighted by Gasteiger charge is -2.25. The molecular formula is C53H90N2O6P+. The van der Waals surface area contributed by atoms with Crippen molar-refractivity contribution in [1.29, 1.82) is 0 Å². The third kappa shape index (κ3) is 44.9. The summed E-state index contributed by atoms with van der Waals surface area (Å²) < 4.78 is 23.4. The molecule has 0 aromatic heterocycles. The van der Waals surface area contributed by atoms with Crippen molar-refractivity contribution in [3.8, 4) is 0 Å². The molecule has 3 N–H and O–H groups in total. The van der Waals surface area contributed by atoms with Crippen LogP contribution in [0.5, 0.6) is 0 Å². The standard InChI is InChI=1S/C53H89N2O6P/c1-6-8-10-12-14-15-16-17-18-19-20-21-22-23-24-25-26-27-28-29-30-31-32-33-34-35-36-37-38-39-41-43-45-47-53(57)54-51(52(56)46-44-42-40-13-11-9-7-2)50-61-62(58,59)60-49-48-55(3,4)5/h8,10-11,13-15,17-18,20-21,23-24,26-27,29-30,32-33,44,46,51-52,56H,6-7,9,12,16,19,22,25,28,31,34-43,45,47-50H2,1-5H3,(H-,54,57,58,59)/p+1/b10-8-,13-11+,15-14-,18-17-,21-20-,24-23-,27-26-,30-29-,33-32-,46-44+. The van der Waals surface area contributed by atoms with Crippen molar-refractivity contribution in [2.75, 3.05) is 40.9 Å². The number of hydrogen-bond acceptors (Lipinski definition) is 5. The number of phosphoric ester groups is 1. The highest BCUT2D eigenvalue weighted by Gasteiger charge is 2.27. The Morgan fingerprint density at radius 1 is 0.565 bits per heavy atom. The van der Waals surface area contributed by atoms with E-state index in [4.69, 9.17) is 9.05 Å². The Labute approximate surface area is 380 Å². The van der Waals surface area contributed by atoms with E-state index in [0.29, 0.717) is 17.4 Å². The SMILES string of the molecule is CC/C=C\C/C=C\C/C=C\C/C=C\C/C=C\C/C=C\C/C=C\C/C=C\CCCCCCCCCCC(=O)NC(COP(=O)(O)OCC[N+](C)(C)C)C(O)/C=C/CC/C=C/CCC. The lowest BCUT2D eigenvalue weighted by atomic mass is 10.1. The van der Waals surface area contributed by atoms with Gasteiger partial charge >= 0.3 is 7.82 Å². The first-order valence-corrected chi connectivity index (χ1v) is 25.4. The lowest BCUT2D eigenvalue weighted by Crippen LogP contribution is -2.45. The number of nitrogens with zero attached hydrogens (tertiary/aromatic N) is 1. The van der Waals surface area contributed by atoms with Crippen molar-refractivity contribution >= 4 is 13.7 Å². The van der Waals surface area contributed by atoms with Crippen LogP contribution in [0.1, 0.15) is 155 Å². The number of amides is 1. The van der Waals surface area contributed by atoms with Crippen LogP contribution >= 0.6 is 7.82 Å². The fraction of sp³-hybridized carbons (Fsp3) is 0.604. The zero-order chi connectivity index (χ0) is 45.7. The molecule has 62 heavy (non-hydrogen) atoms. The van der Waals surface area contributed by atoms with Gasteiger partial charge in [-0.05, 0) is 89.9 Å². The number of aliphatic hydroxyl groups excluding tert-OH is 1. The normalized spacial score (nSPS) is 15.3. The molecule has 0 aliphatic rings. The average molecular weight is 882 g/mol. The number of allylic oxidation sites excluding steroid dienone is 19. The highest BCUT2D eigenvalue weighted by atomic mass is 31.2. The van der Waals surface area contributed by atoms with Gasteiger partial charge in [-0.3, -0.25) is 13.8 Å². The molecule has 1 amide bonds. The second kappa shape index (κ2) is 43.2. The molecule has 0 aromatic rings. The van der Waals surface area contributed by atoms with E-state index >= 15 is 0 Å². The molecular weight excluding hydrogens is 792 g/mol. The molecule has 8 nitrogen and oxygen atoms in total. The monoisotopic (exact) mass is 882 g/mol. The van der Waals surface area contributed by atoms with Gasteiger partial charge in [-0.1, -0.05) is 180 Å². The van der Waals surface area contributed by atoms with Gasteiger partial charge in [0.1, 0.15) is 13.2 Å². The number of hydrogen-bond donors (Lipinski definition) is 3. The quantitative estimate of drug-likeness (QED) is 0.0244. The number of aliphatic hydroxyl groups is 1. The Morgan fingerprint density at radius 2 is 0.984 bits per heavy atom.